The van der Waals surface area contributed by atoms with E-state index in [1.165, 1.54) is 12.1 Å². The van der Waals surface area contributed by atoms with Crippen molar-refractivity contribution >= 4 is 46.0 Å². The van der Waals surface area contributed by atoms with Crippen molar-refractivity contribution in [3.8, 4) is 11.5 Å². The highest BCUT2D eigenvalue weighted by molar-refractivity contribution is 7.81. The van der Waals surface area contributed by atoms with Crippen molar-refractivity contribution in [2.24, 2.45) is 0 Å². The van der Waals surface area contributed by atoms with Crippen LogP contribution in [-0.2, 0) is 0 Å². The zero-order valence-electron chi connectivity index (χ0n) is 14.3. The van der Waals surface area contributed by atoms with Gasteiger partial charge in [-0.25, -0.2) is 0 Å². The molecule has 0 aliphatic rings. The summed E-state index contributed by atoms with van der Waals surface area (Å²) in [5.41, 5.74) is 6.84. The lowest BCUT2D eigenvalue weighted by molar-refractivity contribution is -0.0498. The minimum absolute atomic E-state index is 0.0632. The zero-order valence-corrected chi connectivity index (χ0v) is 15.9. The fraction of sp³-hybridized carbons (Fsp3) is 0.176. The van der Waals surface area contributed by atoms with Gasteiger partial charge in [-0.05, 0) is 79.9 Å². The summed E-state index contributed by atoms with van der Waals surface area (Å²) in [7, 11) is 0. The van der Waals surface area contributed by atoms with Crippen molar-refractivity contribution in [3.05, 3.63) is 48.5 Å². The van der Waals surface area contributed by atoms with Crippen molar-refractivity contribution in [1.29, 1.82) is 0 Å². The van der Waals surface area contributed by atoms with E-state index in [-0.39, 0.29) is 10.9 Å². The van der Waals surface area contributed by atoms with Gasteiger partial charge in [-0.3, -0.25) is 10.9 Å². The number of rotatable bonds is 6. The number of nitrogens with one attached hydrogen (secondary N) is 4. The van der Waals surface area contributed by atoms with Crippen LogP contribution in [0.2, 0.25) is 0 Å². The van der Waals surface area contributed by atoms with E-state index in [0.29, 0.717) is 17.4 Å². The number of hydrazine groups is 1. The Balaban J connectivity index is 1.75. The summed E-state index contributed by atoms with van der Waals surface area (Å²) in [5.74, 6) is 0.837. The second-order valence-corrected chi connectivity index (χ2v) is 5.84. The minimum Gasteiger partial charge on any atom is -0.494 e. The number of alkyl halides is 2. The highest BCUT2D eigenvalue weighted by Crippen LogP contribution is 2.17. The standard InChI is InChI=1S/C17H18F2N4O2S2/c1-2-24-13-7-3-11(4-8-13)20-16(26)22-23-17(27)21-12-5-9-14(10-6-12)25-15(18)19/h3-10,15H,2H2,1H3,(H2,20,22,26)(H2,21,23,27). The number of anilines is 2. The van der Waals surface area contributed by atoms with Gasteiger partial charge >= 0.3 is 6.61 Å². The molecule has 27 heavy (non-hydrogen) atoms. The van der Waals surface area contributed by atoms with E-state index in [9.17, 15) is 8.78 Å². The highest BCUT2D eigenvalue weighted by atomic mass is 32.1. The summed E-state index contributed by atoms with van der Waals surface area (Å²) < 4.78 is 33.9. The molecule has 2 rings (SSSR count). The van der Waals surface area contributed by atoms with Crippen LogP contribution in [0.4, 0.5) is 20.2 Å². The van der Waals surface area contributed by atoms with E-state index >= 15 is 0 Å². The van der Waals surface area contributed by atoms with Crippen LogP contribution in [0, 0.1) is 0 Å². The van der Waals surface area contributed by atoms with Gasteiger partial charge < -0.3 is 20.1 Å². The van der Waals surface area contributed by atoms with Gasteiger partial charge in [-0.1, -0.05) is 0 Å². The number of thiocarbonyl (C=S) groups is 2. The van der Waals surface area contributed by atoms with Crippen LogP contribution in [0.5, 0.6) is 11.5 Å². The fourth-order valence-corrected chi connectivity index (χ4v) is 2.30. The molecule has 0 heterocycles. The summed E-state index contributed by atoms with van der Waals surface area (Å²) in [6.07, 6.45) is 0. The maximum Gasteiger partial charge on any atom is 0.387 e. The van der Waals surface area contributed by atoms with Crippen LogP contribution in [0.1, 0.15) is 6.92 Å². The lowest BCUT2D eigenvalue weighted by atomic mass is 10.3. The fourth-order valence-electron chi connectivity index (χ4n) is 1.96. The normalized spacial score (nSPS) is 10.1. The summed E-state index contributed by atoms with van der Waals surface area (Å²) in [4.78, 5) is 0. The van der Waals surface area contributed by atoms with Crippen molar-refractivity contribution < 1.29 is 18.3 Å². The molecule has 0 aliphatic carbocycles. The summed E-state index contributed by atoms with van der Waals surface area (Å²) in [6.45, 7) is -0.345. The third-order valence-electron chi connectivity index (χ3n) is 3.05. The Morgan fingerprint density at radius 1 is 0.852 bits per heavy atom. The molecule has 0 fully saturated rings. The van der Waals surface area contributed by atoms with Crippen LogP contribution < -0.4 is 31.0 Å². The number of hydrogen-bond acceptors (Lipinski definition) is 4. The van der Waals surface area contributed by atoms with Crippen LogP contribution in [0.15, 0.2) is 48.5 Å². The Kier molecular flexibility index (Phi) is 7.96. The van der Waals surface area contributed by atoms with E-state index in [1.54, 1.807) is 12.1 Å². The molecular formula is C17H18F2N4O2S2. The Labute approximate surface area is 166 Å². The quantitative estimate of drug-likeness (QED) is 0.421. The second kappa shape index (κ2) is 10.4. The van der Waals surface area contributed by atoms with E-state index in [4.69, 9.17) is 29.2 Å². The molecular weight excluding hydrogens is 394 g/mol. The molecule has 0 bridgehead atoms. The molecule has 6 nitrogen and oxygen atoms in total. The number of benzene rings is 2. The Bertz CT molecular complexity index is 759. The first-order valence-electron chi connectivity index (χ1n) is 7.88. The molecule has 0 atom stereocenters. The minimum atomic E-state index is -2.86. The molecule has 4 N–H and O–H groups in total. The van der Waals surface area contributed by atoms with Gasteiger partial charge in [0.2, 0.25) is 0 Å². The molecule has 0 aliphatic heterocycles. The molecule has 0 aromatic heterocycles. The highest BCUT2D eigenvalue weighted by Gasteiger charge is 2.04. The van der Waals surface area contributed by atoms with Gasteiger partial charge in [-0.15, -0.1) is 0 Å². The van der Waals surface area contributed by atoms with Gasteiger partial charge in [0.1, 0.15) is 11.5 Å². The third kappa shape index (κ3) is 7.59. The lowest BCUT2D eigenvalue weighted by Gasteiger charge is -2.15. The monoisotopic (exact) mass is 412 g/mol. The van der Waals surface area contributed by atoms with E-state index in [2.05, 4.69) is 26.2 Å². The largest absolute Gasteiger partial charge is 0.494 e. The predicted molar refractivity (Wildman–Crippen MR) is 109 cm³/mol. The van der Waals surface area contributed by atoms with E-state index < -0.39 is 6.61 Å². The van der Waals surface area contributed by atoms with Crippen molar-refractivity contribution in [1.82, 2.24) is 10.9 Å². The van der Waals surface area contributed by atoms with Gasteiger partial charge in [0.15, 0.2) is 10.2 Å². The smallest absolute Gasteiger partial charge is 0.387 e. The maximum absolute atomic E-state index is 12.1. The van der Waals surface area contributed by atoms with Gasteiger partial charge in [0.25, 0.3) is 0 Å². The van der Waals surface area contributed by atoms with E-state index in [0.717, 1.165) is 11.4 Å². The molecule has 0 spiro atoms. The van der Waals surface area contributed by atoms with Gasteiger partial charge in [0.05, 0.1) is 6.61 Å². The second-order valence-electron chi connectivity index (χ2n) is 5.02. The first kappa shape index (κ1) is 20.6. The molecule has 144 valence electrons. The topological polar surface area (TPSA) is 66.6 Å². The van der Waals surface area contributed by atoms with Gasteiger partial charge in [-0.2, -0.15) is 8.78 Å². The molecule has 0 saturated heterocycles. The van der Waals surface area contributed by atoms with Crippen LogP contribution in [-0.4, -0.2) is 23.4 Å². The summed E-state index contributed by atoms with van der Waals surface area (Å²) >= 11 is 10.3. The predicted octanol–water partition coefficient (Wildman–Crippen LogP) is 3.87. The zero-order chi connectivity index (χ0) is 19.6. The average molecular weight is 412 g/mol. The summed E-state index contributed by atoms with van der Waals surface area (Å²) in [5, 5.41) is 6.41. The third-order valence-corrected chi connectivity index (χ3v) is 3.46. The SMILES string of the molecule is CCOc1ccc(NC(=S)NNC(=S)Nc2ccc(OC(F)F)cc2)cc1. The van der Waals surface area contributed by atoms with Crippen molar-refractivity contribution in [2.75, 3.05) is 17.2 Å². The maximum atomic E-state index is 12.1. The van der Waals surface area contributed by atoms with Crippen molar-refractivity contribution in [2.45, 2.75) is 13.5 Å². The van der Waals surface area contributed by atoms with Crippen LogP contribution in [0.25, 0.3) is 0 Å². The lowest BCUT2D eigenvalue weighted by Crippen LogP contribution is -2.45. The first-order chi connectivity index (χ1) is 13.0. The van der Waals surface area contributed by atoms with E-state index in [1.807, 2.05) is 31.2 Å². The van der Waals surface area contributed by atoms with Crippen LogP contribution >= 0.6 is 24.4 Å². The molecule has 0 amide bonds. The molecule has 0 saturated carbocycles. The molecule has 10 heteroatoms. The molecule has 0 unspecified atom stereocenters. The number of ether oxygens (including phenoxy) is 2. The molecule has 0 radical (unpaired) electrons. The number of halogens is 2. The molecule has 2 aromatic carbocycles. The average Bonchev–Trinajstić information content (AvgIpc) is 2.63. The Morgan fingerprint density at radius 2 is 1.30 bits per heavy atom. The van der Waals surface area contributed by atoms with Crippen molar-refractivity contribution in [3.63, 3.8) is 0 Å². The Morgan fingerprint density at radius 3 is 1.70 bits per heavy atom. The number of hydrogen-bond donors (Lipinski definition) is 4. The van der Waals surface area contributed by atoms with Crippen LogP contribution in [0.3, 0.4) is 0 Å². The first-order valence-corrected chi connectivity index (χ1v) is 8.69. The molecule has 2 aromatic rings. The Hall–Kier alpha value is -2.72. The summed E-state index contributed by atoms with van der Waals surface area (Å²) in [6, 6.07) is 13.2. The van der Waals surface area contributed by atoms with Gasteiger partial charge in [0, 0.05) is 11.4 Å².